The molecule has 0 aliphatic heterocycles. The molecule has 0 bridgehead atoms. The molecule has 0 saturated carbocycles. The van der Waals surface area contributed by atoms with Gasteiger partial charge in [-0.3, -0.25) is 4.57 Å². The molecule has 4 heteroatoms. The van der Waals surface area contributed by atoms with Gasteiger partial charge in [-0.15, -0.1) is 0 Å². The summed E-state index contributed by atoms with van der Waals surface area (Å²) in [6, 6.07) is 31.9. The molecule has 4 nitrogen and oxygen atoms in total. The molecule has 39 heavy (non-hydrogen) atoms. The van der Waals surface area contributed by atoms with Gasteiger partial charge in [0.05, 0.1) is 22.0 Å². The van der Waals surface area contributed by atoms with Crippen LogP contribution in [0.25, 0.3) is 61.3 Å². The van der Waals surface area contributed by atoms with Crippen LogP contribution in [0.1, 0.15) is 36.0 Å². The zero-order chi connectivity index (χ0) is 29.2. The van der Waals surface area contributed by atoms with Gasteiger partial charge in [-0.25, -0.2) is 9.97 Å². The molecule has 0 aliphatic carbocycles. The maximum atomic E-state index is 7.73. The van der Waals surface area contributed by atoms with Crippen LogP contribution in [0.15, 0.2) is 108 Å². The summed E-state index contributed by atoms with van der Waals surface area (Å²) in [5, 5.41) is 1.81. The van der Waals surface area contributed by atoms with Crippen molar-refractivity contribution in [3.8, 4) is 28.2 Å². The minimum Gasteiger partial charge on any atom is -0.437 e. The first kappa shape index (κ1) is 20.3. The summed E-state index contributed by atoms with van der Waals surface area (Å²) in [6.07, 6.45) is 1.73. The van der Waals surface area contributed by atoms with E-state index in [-0.39, 0.29) is 5.41 Å². The van der Waals surface area contributed by atoms with Crippen LogP contribution in [0.3, 0.4) is 0 Å². The van der Waals surface area contributed by atoms with E-state index in [1.54, 1.807) is 18.3 Å². The van der Waals surface area contributed by atoms with Gasteiger partial charge in [0.1, 0.15) is 11.4 Å². The van der Waals surface area contributed by atoms with Gasteiger partial charge in [0.2, 0.25) is 5.71 Å². The van der Waals surface area contributed by atoms with Crippen molar-refractivity contribution < 1.29 is 8.53 Å². The topological polar surface area (TPSA) is 43.9 Å². The van der Waals surface area contributed by atoms with Crippen LogP contribution >= 0.6 is 0 Å². The lowest BCUT2D eigenvalue weighted by Gasteiger charge is -2.19. The Kier molecular flexibility index (Phi) is 4.51. The number of aryl methyl sites for hydroxylation is 1. The first-order chi connectivity index (χ1) is 20.1. The molecule has 190 valence electrons. The number of fused-ring (bicyclic) bond motifs is 4. The number of rotatable bonds is 3. The summed E-state index contributed by atoms with van der Waals surface area (Å²) in [5.74, 6) is 0.785. The number of hydrogen-bond donors (Lipinski definition) is 0. The molecule has 0 atom stereocenters. The molecule has 0 amide bonds. The molecule has 3 heterocycles. The zero-order valence-corrected chi connectivity index (χ0v) is 22.1. The molecule has 4 aromatic carbocycles. The molecule has 0 spiro atoms. The van der Waals surface area contributed by atoms with E-state index in [0.717, 1.165) is 50.0 Å². The van der Waals surface area contributed by atoms with Crippen molar-refractivity contribution in [2.75, 3.05) is 0 Å². The fourth-order valence-electron chi connectivity index (χ4n) is 5.37. The minimum atomic E-state index is -2.15. The average Bonchev–Trinajstić information content (AvgIpc) is 3.55. The second-order valence-electron chi connectivity index (χ2n) is 11.0. The number of nitrogens with zero attached hydrogens (tertiary/aromatic N) is 3. The Bertz CT molecular complexity index is 2100. The lowest BCUT2D eigenvalue weighted by molar-refractivity contribution is 0.590. The van der Waals surface area contributed by atoms with E-state index in [4.69, 9.17) is 13.5 Å². The maximum Gasteiger partial charge on any atom is 0.227 e. The number of aromatic nitrogens is 3. The Morgan fingerprint density at radius 2 is 1.59 bits per heavy atom. The fraction of sp³-hybridized carbons (Fsp3) is 0.143. The van der Waals surface area contributed by atoms with E-state index in [2.05, 4.69) is 60.7 Å². The van der Waals surface area contributed by atoms with E-state index in [0.29, 0.717) is 16.9 Å². The number of para-hydroxylation sites is 3. The van der Waals surface area contributed by atoms with Crippen molar-refractivity contribution in [3.63, 3.8) is 0 Å². The SMILES string of the molecule is [2H]C([2H])([2H])c1ccc(-c2ccnc3oc4c(-c5nc6ccccc6n5-c5ccc(C(C)(C)C)cc5)cccc4c23)cc1. The van der Waals surface area contributed by atoms with Gasteiger partial charge in [-0.1, -0.05) is 87.0 Å². The highest BCUT2D eigenvalue weighted by atomic mass is 16.3. The normalized spacial score (nSPS) is 13.6. The molecule has 3 aromatic heterocycles. The molecule has 0 N–H and O–H groups in total. The smallest absolute Gasteiger partial charge is 0.227 e. The fourth-order valence-corrected chi connectivity index (χ4v) is 5.37. The molecule has 0 saturated heterocycles. The Labute approximate surface area is 231 Å². The number of hydrogen-bond acceptors (Lipinski definition) is 3. The van der Waals surface area contributed by atoms with Crippen LogP contribution < -0.4 is 0 Å². The third-order valence-electron chi connectivity index (χ3n) is 7.39. The van der Waals surface area contributed by atoms with Crippen molar-refractivity contribution in [2.45, 2.75) is 33.0 Å². The molecule has 7 aromatic rings. The average molecular weight is 511 g/mol. The highest BCUT2D eigenvalue weighted by Crippen LogP contribution is 2.40. The maximum absolute atomic E-state index is 7.73. The third-order valence-corrected chi connectivity index (χ3v) is 7.39. The van der Waals surface area contributed by atoms with Gasteiger partial charge in [0.25, 0.3) is 0 Å². The van der Waals surface area contributed by atoms with E-state index >= 15 is 0 Å². The van der Waals surface area contributed by atoms with Crippen molar-refractivity contribution >= 4 is 33.1 Å². The summed E-state index contributed by atoms with van der Waals surface area (Å²) in [4.78, 5) is 9.66. The number of pyridine rings is 1. The van der Waals surface area contributed by atoms with Gasteiger partial charge in [-0.2, -0.15) is 0 Å². The van der Waals surface area contributed by atoms with E-state index in [9.17, 15) is 0 Å². The molecule has 0 radical (unpaired) electrons. The van der Waals surface area contributed by atoms with Gasteiger partial charge in [0, 0.05) is 21.4 Å². The monoisotopic (exact) mass is 510 g/mol. The quantitative estimate of drug-likeness (QED) is 0.238. The largest absolute Gasteiger partial charge is 0.437 e. The van der Waals surface area contributed by atoms with Crippen molar-refractivity contribution in [3.05, 3.63) is 114 Å². The van der Waals surface area contributed by atoms with Crippen LogP contribution in [0.4, 0.5) is 0 Å². The second kappa shape index (κ2) is 8.67. The van der Waals surface area contributed by atoms with Gasteiger partial charge < -0.3 is 4.42 Å². The van der Waals surface area contributed by atoms with Crippen molar-refractivity contribution in [2.24, 2.45) is 0 Å². The lowest BCUT2D eigenvalue weighted by Crippen LogP contribution is -2.11. The summed E-state index contributed by atoms with van der Waals surface area (Å²) in [5.41, 5.74) is 8.47. The van der Waals surface area contributed by atoms with E-state index < -0.39 is 6.85 Å². The van der Waals surface area contributed by atoms with Crippen LogP contribution in [0.2, 0.25) is 0 Å². The number of benzene rings is 4. The van der Waals surface area contributed by atoms with E-state index in [1.807, 2.05) is 54.6 Å². The molecular weight excluding hydrogens is 478 g/mol. The lowest BCUT2D eigenvalue weighted by atomic mass is 9.87. The minimum absolute atomic E-state index is 0.0516. The van der Waals surface area contributed by atoms with E-state index in [1.165, 1.54) is 5.56 Å². The molecule has 0 aliphatic rings. The Morgan fingerprint density at radius 1 is 0.795 bits per heavy atom. The highest BCUT2D eigenvalue weighted by molar-refractivity contribution is 6.14. The zero-order valence-electron chi connectivity index (χ0n) is 25.1. The van der Waals surface area contributed by atoms with Gasteiger partial charge in [0.15, 0.2) is 0 Å². The molecule has 0 unspecified atom stereocenters. The predicted molar refractivity (Wildman–Crippen MR) is 160 cm³/mol. The first-order valence-corrected chi connectivity index (χ1v) is 13.1. The highest BCUT2D eigenvalue weighted by Gasteiger charge is 2.22. The van der Waals surface area contributed by atoms with Crippen molar-refractivity contribution in [1.82, 2.24) is 14.5 Å². The van der Waals surface area contributed by atoms with Crippen molar-refractivity contribution in [1.29, 1.82) is 0 Å². The Balaban J connectivity index is 1.45. The summed E-state index contributed by atoms with van der Waals surface area (Å²) < 4.78 is 31.8. The first-order valence-electron chi connectivity index (χ1n) is 14.6. The van der Waals surface area contributed by atoms with Crippen LogP contribution in [0, 0.1) is 6.85 Å². The molecular formula is C35H29N3O. The Morgan fingerprint density at radius 3 is 2.36 bits per heavy atom. The van der Waals surface area contributed by atoms with Gasteiger partial charge >= 0.3 is 0 Å². The Hall–Kier alpha value is -4.70. The third kappa shape index (κ3) is 3.83. The van der Waals surface area contributed by atoms with Crippen LogP contribution in [0.5, 0.6) is 0 Å². The molecule has 7 rings (SSSR count). The van der Waals surface area contributed by atoms with Crippen LogP contribution in [-0.4, -0.2) is 14.5 Å². The van der Waals surface area contributed by atoms with Crippen LogP contribution in [-0.2, 0) is 5.41 Å². The second-order valence-corrected chi connectivity index (χ2v) is 11.0. The summed E-state index contributed by atoms with van der Waals surface area (Å²) >= 11 is 0. The van der Waals surface area contributed by atoms with Gasteiger partial charge in [-0.05, 0) is 65.4 Å². The number of furan rings is 1. The summed E-state index contributed by atoms with van der Waals surface area (Å²) in [6.45, 7) is 4.49. The predicted octanol–water partition coefficient (Wildman–Crippen LogP) is 9.26. The standard InChI is InChI=1S/C35H29N3O/c1-22-12-14-23(15-13-22)26-20-21-36-34-31(26)27-8-7-9-28(32(27)39-34)33-37-29-10-5-6-11-30(29)38(33)25-18-16-24(17-19-25)35(2,3)4/h5-21H,1-4H3/i1D3. The molecule has 0 fully saturated rings. The number of imidazole rings is 1. The summed E-state index contributed by atoms with van der Waals surface area (Å²) in [7, 11) is 0.